The summed E-state index contributed by atoms with van der Waals surface area (Å²) < 4.78 is 5.25. The van der Waals surface area contributed by atoms with Crippen LogP contribution in [0.5, 0.6) is 5.75 Å². The zero-order chi connectivity index (χ0) is 11.3. The largest absolute Gasteiger partial charge is 0.497 e. The van der Waals surface area contributed by atoms with E-state index in [-0.39, 0.29) is 0 Å². The summed E-state index contributed by atoms with van der Waals surface area (Å²) in [5, 5.41) is 0. The van der Waals surface area contributed by atoms with Crippen molar-refractivity contribution < 1.29 is 4.74 Å². The Morgan fingerprint density at radius 3 is 2.73 bits per heavy atom. The van der Waals surface area contributed by atoms with Crippen LogP contribution in [0.25, 0.3) is 0 Å². The van der Waals surface area contributed by atoms with E-state index in [0.717, 1.165) is 12.2 Å². The Bertz CT molecular complexity index is 328. The first-order valence-electron chi connectivity index (χ1n) is 5.52. The van der Waals surface area contributed by atoms with Crippen LogP contribution in [0.4, 0.5) is 0 Å². The topological polar surface area (TPSA) is 9.23 Å². The van der Waals surface area contributed by atoms with E-state index >= 15 is 0 Å². The van der Waals surface area contributed by atoms with Crippen LogP contribution in [-0.4, -0.2) is 7.11 Å². The van der Waals surface area contributed by atoms with Gasteiger partial charge < -0.3 is 4.74 Å². The van der Waals surface area contributed by atoms with Crippen molar-refractivity contribution in [1.29, 1.82) is 0 Å². The molecule has 0 aromatic heterocycles. The fraction of sp³-hybridized carbons (Fsp3) is 0.429. The zero-order valence-electron chi connectivity index (χ0n) is 9.92. The molecule has 0 saturated carbocycles. The molecule has 1 heteroatoms. The van der Waals surface area contributed by atoms with Crippen molar-refractivity contribution in [2.45, 2.75) is 32.6 Å². The summed E-state index contributed by atoms with van der Waals surface area (Å²) in [4.78, 5) is 0. The molecule has 15 heavy (non-hydrogen) atoms. The summed E-state index contributed by atoms with van der Waals surface area (Å²) in [7, 11) is 1.71. The number of methoxy groups -OCH3 is 1. The first-order valence-corrected chi connectivity index (χ1v) is 5.52. The third-order valence-corrected chi connectivity index (χ3v) is 2.72. The third kappa shape index (κ3) is 2.85. The lowest BCUT2D eigenvalue weighted by molar-refractivity contribution is 0.414. The molecule has 0 aliphatic heterocycles. The van der Waals surface area contributed by atoms with Gasteiger partial charge in [0, 0.05) is 0 Å². The molecule has 1 rings (SSSR count). The first-order chi connectivity index (χ1) is 7.22. The molecule has 82 valence electrons. The van der Waals surface area contributed by atoms with Gasteiger partial charge in [0.25, 0.3) is 0 Å². The van der Waals surface area contributed by atoms with E-state index in [1.165, 1.54) is 17.5 Å². The zero-order valence-corrected chi connectivity index (χ0v) is 9.92. The second-order valence-corrected chi connectivity index (χ2v) is 3.84. The van der Waals surface area contributed by atoms with Gasteiger partial charge in [-0.25, -0.2) is 0 Å². The van der Waals surface area contributed by atoms with Gasteiger partial charge in [-0.1, -0.05) is 32.4 Å². The van der Waals surface area contributed by atoms with Crippen molar-refractivity contribution in [3.05, 3.63) is 42.0 Å². The summed E-state index contributed by atoms with van der Waals surface area (Å²) in [6.07, 6.45) is 4.27. The van der Waals surface area contributed by atoms with Crippen LogP contribution in [0.1, 0.15) is 37.3 Å². The van der Waals surface area contributed by atoms with E-state index < -0.39 is 0 Å². The molecule has 1 unspecified atom stereocenters. The number of hydrogen-bond acceptors (Lipinski definition) is 1. The maximum absolute atomic E-state index is 5.25. The van der Waals surface area contributed by atoms with Gasteiger partial charge in [-0.2, -0.15) is 0 Å². The first kappa shape index (κ1) is 11.8. The second kappa shape index (κ2) is 5.59. The van der Waals surface area contributed by atoms with Gasteiger partial charge >= 0.3 is 0 Å². The van der Waals surface area contributed by atoms with Gasteiger partial charge in [-0.05, 0) is 35.6 Å². The van der Waals surface area contributed by atoms with E-state index in [1.54, 1.807) is 7.11 Å². The fourth-order valence-corrected chi connectivity index (χ4v) is 1.75. The van der Waals surface area contributed by atoms with Gasteiger partial charge in [0.15, 0.2) is 0 Å². The predicted octanol–water partition coefficient (Wildman–Crippen LogP) is 3.94. The van der Waals surface area contributed by atoms with Crippen LogP contribution in [0.2, 0.25) is 0 Å². The van der Waals surface area contributed by atoms with Crippen LogP contribution in [0.15, 0.2) is 30.9 Å². The Morgan fingerprint density at radius 2 is 2.20 bits per heavy atom. The standard InChI is InChI=1S/C14H20O/c1-5-7-12-8-9-13(15-4)10-14(12)11(3)6-2/h6,8-11H,2,5,7H2,1,3-4H3. The number of aryl methyl sites for hydroxylation is 1. The van der Waals surface area contributed by atoms with Gasteiger partial charge in [0.2, 0.25) is 0 Å². The average molecular weight is 204 g/mol. The lowest BCUT2D eigenvalue weighted by Crippen LogP contribution is -1.98. The van der Waals surface area contributed by atoms with E-state index in [0.29, 0.717) is 5.92 Å². The lowest BCUT2D eigenvalue weighted by atomic mass is 9.93. The SMILES string of the molecule is C=CC(C)c1cc(OC)ccc1CCC. The van der Waals surface area contributed by atoms with Crippen LogP contribution in [0, 0.1) is 0 Å². The highest BCUT2D eigenvalue weighted by molar-refractivity contribution is 5.39. The van der Waals surface area contributed by atoms with Crippen molar-refractivity contribution in [3.63, 3.8) is 0 Å². The van der Waals surface area contributed by atoms with Crippen LogP contribution in [0.3, 0.4) is 0 Å². The van der Waals surface area contributed by atoms with Crippen molar-refractivity contribution in [1.82, 2.24) is 0 Å². The minimum absolute atomic E-state index is 0.390. The summed E-state index contributed by atoms with van der Waals surface area (Å²) in [5.74, 6) is 1.32. The molecule has 0 spiro atoms. The minimum atomic E-state index is 0.390. The Hall–Kier alpha value is -1.24. The van der Waals surface area contributed by atoms with E-state index in [1.807, 2.05) is 12.1 Å². The molecule has 0 aliphatic carbocycles. The smallest absolute Gasteiger partial charge is 0.119 e. The fourth-order valence-electron chi connectivity index (χ4n) is 1.75. The van der Waals surface area contributed by atoms with Crippen molar-refractivity contribution in [2.24, 2.45) is 0 Å². The van der Waals surface area contributed by atoms with E-state index in [9.17, 15) is 0 Å². The highest BCUT2D eigenvalue weighted by atomic mass is 16.5. The molecule has 1 nitrogen and oxygen atoms in total. The molecule has 1 aromatic carbocycles. The molecule has 0 fully saturated rings. The van der Waals surface area contributed by atoms with Gasteiger partial charge in [-0.3, -0.25) is 0 Å². The average Bonchev–Trinajstić information content (AvgIpc) is 2.29. The van der Waals surface area contributed by atoms with Crippen molar-refractivity contribution in [2.75, 3.05) is 7.11 Å². The highest BCUT2D eigenvalue weighted by Gasteiger charge is 2.08. The Balaban J connectivity index is 3.09. The number of hydrogen-bond donors (Lipinski definition) is 0. The maximum Gasteiger partial charge on any atom is 0.119 e. The van der Waals surface area contributed by atoms with Crippen LogP contribution in [-0.2, 0) is 6.42 Å². The Labute approximate surface area is 92.8 Å². The number of benzene rings is 1. The number of rotatable bonds is 5. The predicted molar refractivity (Wildman–Crippen MR) is 65.6 cm³/mol. The van der Waals surface area contributed by atoms with Crippen molar-refractivity contribution >= 4 is 0 Å². The Morgan fingerprint density at radius 1 is 1.47 bits per heavy atom. The van der Waals surface area contributed by atoms with Crippen LogP contribution < -0.4 is 4.74 Å². The van der Waals surface area contributed by atoms with Crippen molar-refractivity contribution in [3.8, 4) is 5.75 Å². The normalized spacial score (nSPS) is 12.2. The molecule has 1 atom stereocenters. The van der Waals surface area contributed by atoms with Crippen LogP contribution >= 0.6 is 0 Å². The molecular formula is C14H20O. The van der Waals surface area contributed by atoms with Gasteiger partial charge in [0.05, 0.1) is 7.11 Å². The molecule has 0 amide bonds. The minimum Gasteiger partial charge on any atom is -0.497 e. The Kier molecular flexibility index (Phi) is 4.41. The summed E-state index contributed by atoms with van der Waals surface area (Å²) in [5.41, 5.74) is 2.75. The van der Waals surface area contributed by atoms with E-state index in [2.05, 4.69) is 32.6 Å². The molecular weight excluding hydrogens is 184 g/mol. The molecule has 0 radical (unpaired) electrons. The summed E-state index contributed by atoms with van der Waals surface area (Å²) in [6, 6.07) is 6.32. The molecule has 0 heterocycles. The van der Waals surface area contributed by atoms with Gasteiger partial charge in [-0.15, -0.1) is 6.58 Å². The monoisotopic (exact) mass is 204 g/mol. The second-order valence-electron chi connectivity index (χ2n) is 3.84. The molecule has 0 N–H and O–H groups in total. The molecule has 0 aliphatic rings. The lowest BCUT2D eigenvalue weighted by Gasteiger charge is -2.14. The molecule has 1 aromatic rings. The number of allylic oxidation sites excluding steroid dienone is 1. The highest BCUT2D eigenvalue weighted by Crippen LogP contribution is 2.26. The molecule has 0 saturated heterocycles. The third-order valence-electron chi connectivity index (χ3n) is 2.72. The van der Waals surface area contributed by atoms with E-state index in [4.69, 9.17) is 4.74 Å². The molecule has 0 bridgehead atoms. The van der Waals surface area contributed by atoms with Gasteiger partial charge in [0.1, 0.15) is 5.75 Å². The quantitative estimate of drug-likeness (QED) is 0.660. The summed E-state index contributed by atoms with van der Waals surface area (Å²) >= 11 is 0. The maximum atomic E-state index is 5.25. The summed E-state index contributed by atoms with van der Waals surface area (Å²) in [6.45, 7) is 8.22. The number of ether oxygens (including phenoxy) is 1.